The quantitative estimate of drug-likeness (QED) is 0.712. The number of amides is 1. The van der Waals surface area contributed by atoms with Crippen molar-refractivity contribution >= 4 is 11.9 Å². The van der Waals surface area contributed by atoms with Crippen LogP contribution in [0.4, 0.5) is 0 Å². The predicted molar refractivity (Wildman–Crippen MR) is 94.4 cm³/mol. The Balaban J connectivity index is 2.40. The van der Waals surface area contributed by atoms with Gasteiger partial charge in [0.25, 0.3) is 0 Å². The van der Waals surface area contributed by atoms with Crippen molar-refractivity contribution in [2.45, 2.75) is 70.6 Å². The topological polar surface area (TPSA) is 65.4 Å². The summed E-state index contributed by atoms with van der Waals surface area (Å²) >= 11 is 0. The minimum Gasteiger partial charge on any atom is -0.497 e. The molecule has 0 spiro atoms. The zero-order chi connectivity index (χ0) is 16.9. The van der Waals surface area contributed by atoms with Gasteiger partial charge in [0.1, 0.15) is 5.76 Å². The number of ether oxygens (including phenoxy) is 1. The number of hydrogen-bond acceptors (Lipinski definition) is 3. The van der Waals surface area contributed by atoms with Gasteiger partial charge in [-0.15, -0.1) is 0 Å². The molecule has 0 unspecified atom stereocenters. The van der Waals surface area contributed by atoms with E-state index in [1.165, 1.54) is 44.9 Å². The van der Waals surface area contributed by atoms with Gasteiger partial charge in [-0.1, -0.05) is 57.9 Å². The van der Waals surface area contributed by atoms with Gasteiger partial charge >= 0.3 is 0 Å². The molecule has 0 aromatic carbocycles. The first-order valence-corrected chi connectivity index (χ1v) is 8.99. The molecule has 2 N–H and O–H groups in total. The molecule has 1 aliphatic rings. The molecule has 0 aromatic rings. The summed E-state index contributed by atoms with van der Waals surface area (Å²) in [6.45, 7) is 5.00. The molecule has 1 fully saturated rings. The van der Waals surface area contributed by atoms with E-state index in [1.807, 2.05) is 0 Å². The van der Waals surface area contributed by atoms with Crippen LogP contribution in [0.3, 0.4) is 0 Å². The standard InChI is InChI=1S/C18H33N3O2/c1-16-15-21(2)18(19)20-17(22)13-11-9-7-5-3-4-6-8-10-12-14-23-16/h1,3-15H2,2H3,(H2,19,20,22). The lowest BCUT2D eigenvalue weighted by Gasteiger charge is -2.21. The van der Waals surface area contributed by atoms with Gasteiger partial charge in [-0.3, -0.25) is 15.5 Å². The van der Waals surface area contributed by atoms with E-state index in [2.05, 4.69) is 11.9 Å². The van der Waals surface area contributed by atoms with Gasteiger partial charge in [0.2, 0.25) is 5.91 Å². The van der Waals surface area contributed by atoms with Crippen LogP contribution in [-0.4, -0.2) is 37.0 Å². The SMILES string of the molecule is C=C1CN(C)C(=N)NC(=O)CCCCCCCCCCCCO1. The van der Waals surface area contributed by atoms with E-state index < -0.39 is 0 Å². The minimum absolute atomic E-state index is 0.0775. The molecule has 0 aliphatic carbocycles. The molecule has 132 valence electrons. The second-order valence-corrected chi connectivity index (χ2v) is 6.43. The van der Waals surface area contributed by atoms with E-state index in [9.17, 15) is 4.79 Å². The number of nitrogens with one attached hydrogen (secondary N) is 2. The highest BCUT2D eigenvalue weighted by Gasteiger charge is 2.10. The first-order chi connectivity index (χ1) is 11.1. The molecular formula is C18H33N3O2. The summed E-state index contributed by atoms with van der Waals surface area (Å²) in [4.78, 5) is 13.5. The fourth-order valence-corrected chi connectivity index (χ4v) is 2.70. The van der Waals surface area contributed by atoms with Crippen molar-refractivity contribution in [3.63, 3.8) is 0 Å². The van der Waals surface area contributed by atoms with Crippen molar-refractivity contribution in [3.8, 4) is 0 Å². The summed E-state index contributed by atoms with van der Waals surface area (Å²) < 4.78 is 5.61. The van der Waals surface area contributed by atoms with Crippen LogP contribution in [0.1, 0.15) is 70.6 Å². The lowest BCUT2D eigenvalue weighted by molar-refractivity contribution is -0.120. The normalized spacial score (nSPS) is 21.6. The maximum absolute atomic E-state index is 11.8. The van der Waals surface area contributed by atoms with Crippen LogP contribution in [0, 0.1) is 5.41 Å². The zero-order valence-corrected chi connectivity index (χ0v) is 14.7. The van der Waals surface area contributed by atoms with E-state index in [4.69, 9.17) is 10.1 Å². The van der Waals surface area contributed by atoms with Crippen molar-refractivity contribution in [2.75, 3.05) is 20.2 Å². The lowest BCUT2D eigenvalue weighted by atomic mass is 10.1. The number of carbonyl (C=O) groups is 1. The van der Waals surface area contributed by atoms with Crippen LogP contribution >= 0.6 is 0 Å². The third kappa shape index (κ3) is 9.97. The second kappa shape index (κ2) is 12.0. The van der Waals surface area contributed by atoms with Gasteiger partial charge in [-0.2, -0.15) is 0 Å². The van der Waals surface area contributed by atoms with Crippen molar-refractivity contribution < 1.29 is 9.53 Å². The van der Waals surface area contributed by atoms with E-state index in [1.54, 1.807) is 11.9 Å². The third-order valence-electron chi connectivity index (χ3n) is 4.16. The molecule has 0 atom stereocenters. The Hall–Kier alpha value is -1.52. The van der Waals surface area contributed by atoms with Crippen molar-refractivity contribution in [1.29, 1.82) is 5.41 Å². The molecule has 1 rings (SSSR count). The Labute approximate surface area is 141 Å². The van der Waals surface area contributed by atoms with Crippen LogP contribution in [0.15, 0.2) is 12.3 Å². The van der Waals surface area contributed by atoms with E-state index in [0.29, 0.717) is 25.3 Å². The van der Waals surface area contributed by atoms with Crippen LogP contribution < -0.4 is 5.32 Å². The Kier molecular flexibility index (Phi) is 10.2. The zero-order valence-electron chi connectivity index (χ0n) is 14.7. The maximum Gasteiger partial charge on any atom is 0.226 e. The van der Waals surface area contributed by atoms with Gasteiger partial charge in [-0.25, -0.2) is 0 Å². The molecule has 23 heavy (non-hydrogen) atoms. The first kappa shape index (κ1) is 19.5. The fraction of sp³-hybridized carbons (Fsp3) is 0.778. The number of carbonyl (C=O) groups excluding carboxylic acids is 1. The van der Waals surface area contributed by atoms with Crippen LogP contribution in [0.25, 0.3) is 0 Å². The van der Waals surface area contributed by atoms with Crippen LogP contribution in [0.2, 0.25) is 0 Å². The minimum atomic E-state index is -0.0775. The Morgan fingerprint density at radius 1 is 1.00 bits per heavy atom. The summed E-state index contributed by atoms with van der Waals surface area (Å²) in [5.74, 6) is 0.674. The summed E-state index contributed by atoms with van der Waals surface area (Å²) in [6.07, 6.45) is 12.4. The van der Waals surface area contributed by atoms with Crippen LogP contribution in [-0.2, 0) is 9.53 Å². The highest BCUT2D eigenvalue weighted by molar-refractivity contribution is 5.95. The van der Waals surface area contributed by atoms with Crippen molar-refractivity contribution in [3.05, 3.63) is 12.3 Å². The Morgan fingerprint density at radius 3 is 2.13 bits per heavy atom. The van der Waals surface area contributed by atoms with Crippen LogP contribution in [0.5, 0.6) is 0 Å². The lowest BCUT2D eigenvalue weighted by Crippen LogP contribution is -2.42. The van der Waals surface area contributed by atoms with Gasteiger partial charge in [0.05, 0.1) is 13.2 Å². The molecule has 1 saturated heterocycles. The highest BCUT2D eigenvalue weighted by Crippen LogP contribution is 2.12. The number of hydrogen-bond donors (Lipinski definition) is 2. The number of guanidine groups is 1. The van der Waals surface area contributed by atoms with Crippen molar-refractivity contribution in [2.24, 2.45) is 0 Å². The van der Waals surface area contributed by atoms with Gasteiger partial charge in [0, 0.05) is 13.5 Å². The molecule has 1 amide bonds. The van der Waals surface area contributed by atoms with E-state index in [-0.39, 0.29) is 11.9 Å². The molecule has 5 heteroatoms. The first-order valence-electron chi connectivity index (χ1n) is 8.99. The number of rotatable bonds is 0. The molecule has 0 bridgehead atoms. The summed E-state index contributed by atoms with van der Waals surface area (Å²) in [6, 6.07) is 0. The van der Waals surface area contributed by atoms with Gasteiger partial charge < -0.3 is 9.64 Å². The summed E-state index contributed by atoms with van der Waals surface area (Å²) in [5.41, 5.74) is 0. The Morgan fingerprint density at radius 2 is 1.52 bits per heavy atom. The Bertz CT molecular complexity index is 382. The third-order valence-corrected chi connectivity index (χ3v) is 4.16. The molecule has 1 aliphatic heterocycles. The van der Waals surface area contributed by atoms with E-state index in [0.717, 1.165) is 19.3 Å². The highest BCUT2D eigenvalue weighted by atomic mass is 16.5. The smallest absolute Gasteiger partial charge is 0.226 e. The fourth-order valence-electron chi connectivity index (χ4n) is 2.70. The summed E-state index contributed by atoms with van der Waals surface area (Å²) in [7, 11) is 1.76. The average molecular weight is 323 g/mol. The predicted octanol–water partition coefficient (Wildman–Crippen LogP) is 3.80. The largest absolute Gasteiger partial charge is 0.497 e. The molecule has 1 heterocycles. The van der Waals surface area contributed by atoms with Gasteiger partial charge in [-0.05, 0) is 12.8 Å². The van der Waals surface area contributed by atoms with E-state index >= 15 is 0 Å². The summed E-state index contributed by atoms with van der Waals surface area (Å²) in [5, 5.41) is 10.6. The molecule has 0 aromatic heterocycles. The van der Waals surface area contributed by atoms with Crippen molar-refractivity contribution in [1.82, 2.24) is 10.2 Å². The molecule has 0 radical (unpaired) electrons. The second-order valence-electron chi connectivity index (χ2n) is 6.43. The number of nitrogens with zero attached hydrogens (tertiary/aromatic N) is 1. The average Bonchev–Trinajstić information content (AvgIpc) is 2.50. The maximum atomic E-state index is 11.8. The molecule has 0 saturated carbocycles. The van der Waals surface area contributed by atoms with Gasteiger partial charge in [0.15, 0.2) is 5.96 Å². The monoisotopic (exact) mass is 323 g/mol. The number of likely N-dealkylation sites (N-methyl/N-ethyl adjacent to an activating group) is 1. The molecule has 5 nitrogen and oxygen atoms in total. The molecular weight excluding hydrogens is 290 g/mol.